The van der Waals surface area contributed by atoms with Crippen LogP contribution in [0.1, 0.15) is 31.7 Å². The fraction of sp³-hybridized carbons (Fsp3) is 0.467. The summed E-state index contributed by atoms with van der Waals surface area (Å²) in [5, 5.41) is 4.69. The zero-order chi connectivity index (χ0) is 12.5. The normalized spacial score (nSPS) is 17.4. The molecule has 1 aromatic heterocycles. The van der Waals surface area contributed by atoms with E-state index in [9.17, 15) is 0 Å². The molecular weight excluding hydrogens is 222 g/mol. The van der Waals surface area contributed by atoms with Gasteiger partial charge < -0.3 is 5.32 Å². The Morgan fingerprint density at radius 1 is 1.28 bits per heavy atom. The smallest absolute Gasteiger partial charge is 0.137 e. The van der Waals surface area contributed by atoms with Crippen molar-refractivity contribution >= 4 is 16.7 Å². The Labute approximate surface area is 108 Å². The van der Waals surface area contributed by atoms with E-state index in [2.05, 4.69) is 47.3 Å². The predicted molar refractivity (Wildman–Crippen MR) is 74.7 cm³/mol. The third-order valence-corrected chi connectivity index (χ3v) is 4.09. The van der Waals surface area contributed by atoms with Crippen LogP contribution in [-0.2, 0) is 0 Å². The Hall–Kier alpha value is -1.64. The minimum atomic E-state index is 0.498. The van der Waals surface area contributed by atoms with E-state index in [0.717, 1.165) is 22.6 Å². The quantitative estimate of drug-likeness (QED) is 0.893. The number of nitrogens with one attached hydrogen (secondary N) is 1. The number of fused-ring (bicyclic) bond motifs is 1. The predicted octanol–water partition coefficient (Wildman–Crippen LogP) is 3.54. The van der Waals surface area contributed by atoms with Gasteiger partial charge in [-0.3, -0.25) is 0 Å². The molecule has 3 heteroatoms. The van der Waals surface area contributed by atoms with E-state index in [4.69, 9.17) is 0 Å². The molecule has 1 atom stereocenters. The summed E-state index contributed by atoms with van der Waals surface area (Å²) in [5.41, 5.74) is 2.25. The van der Waals surface area contributed by atoms with Gasteiger partial charge in [0.05, 0.1) is 5.52 Å². The molecule has 0 amide bonds. The Kier molecular flexibility index (Phi) is 2.90. The summed E-state index contributed by atoms with van der Waals surface area (Å²) in [4.78, 5) is 8.78. The molecule has 1 N–H and O–H groups in total. The van der Waals surface area contributed by atoms with E-state index >= 15 is 0 Å². The van der Waals surface area contributed by atoms with Crippen LogP contribution in [-0.4, -0.2) is 16.0 Å². The van der Waals surface area contributed by atoms with Crippen LogP contribution in [0.5, 0.6) is 0 Å². The van der Waals surface area contributed by atoms with Gasteiger partial charge in [0, 0.05) is 11.4 Å². The summed E-state index contributed by atoms with van der Waals surface area (Å²) in [6.45, 7) is 4.35. The van der Waals surface area contributed by atoms with Crippen LogP contribution in [0, 0.1) is 12.8 Å². The van der Waals surface area contributed by atoms with Crippen LogP contribution in [0.15, 0.2) is 24.5 Å². The minimum Gasteiger partial charge on any atom is -0.367 e. The molecule has 3 rings (SSSR count). The summed E-state index contributed by atoms with van der Waals surface area (Å²) < 4.78 is 0. The number of hydrogen-bond acceptors (Lipinski definition) is 3. The van der Waals surface area contributed by atoms with Gasteiger partial charge in [-0.25, -0.2) is 9.97 Å². The van der Waals surface area contributed by atoms with Crippen molar-refractivity contribution in [1.82, 2.24) is 9.97 Å². The number of aryl methyl sites for hydroxylation is 1. The molecule has 18 heavy (non-hydrogen) atoms. The van der Waals surface area contributed by atoms with E-state index in [1.165, 1.54) is 24.8 Å². The van der Waals surface area contributed by atoms with E-state index in [-0.39, 0.29) is 0 Å². The van der Waals surface area contributed by atoms with Crippen molar-refractivity contribution in [2.45, 2.75) is 39.2 Å². The van der Waals surface area contributed by atoms with E-state index in [1.807, 2.05) is 0 Å². The molecule has 0 radical (unpaired) electrons. The summed E-state index contributed by atoms with van der Waals surface area (Å²) in [5.74, 6) is 1.78. The number of aromatic nitrogens is 2. The van der Waals surface area contributed by atoms with Crippen molar-refractivity contribution in [2.75, 3.05) is 5.32 Å². The third-order valence-electron chi connectivity index (χ3n) is 4.09. The molecule has 0 aliphatic heterocycles. The van der Waals surface area contributed by atoms with Crippen molar-refractivity contribution in [2.24, 2.45) is 5.92 Å². The summed E-state index contributed by atoms with van der Waals surface area (Å²) >= 11 is 0. The topological polar surface area (TPSA) is 37.8 Å². The van der Waals surface area contributed by atoms with Crippen LogP contribution < -0.4 is 5.32 Å². The molecule has 1 aromatic carbocycles. The number of hydrogen-bond donors (Lipinski definition) is 1. The zero-order valence-corrected chi connectivity index (χ0v) is 11.0. The first-order valence-electron chi connectivity index (χ1n) is 6.72. The lowest BCUT2D eigenvalue weighted by Crippen LogP contribution is -2.31. The zero-order valence-electron chi connectivity index (χ0n) is 11.0. The molecule has 1 fully saturated rings. The number of benzene rings is 1. The molecule has 3 nitrogen and oxygen atoms in total. The highest BCUT2D eigenvalue weighted by Gasteiger charge is 2.24. The van der Waals surface area contributed by atoms with Crippen molar-refractivity contribution in [1.29, 1.82) is 0 Å². The highest BCUT2D eigenvalue weighted by molar-refractivity contribution is 5.90. The largest absolute Gasteiger partial charge is 0.367 e. The SMILES string of the molecule is Cc1cccc2c(NC(C)C3CCC3)ncnc12. The molecular formula is C15H19N3. The maximum Gasteiger partial charge on any atom is 0.137 e. The van der Waals surface area contributed by atoms with Gasteiger partial charge in [-0.2, -0.15) is 0 Å². The third kappa shape index (κ3) is 1.94. The first-order chi connectivity index (χ1) is 8.75. The van der Waals surface area contributed by atoms with E-state index in [1.54, 1.807) is 6.33 Å². The maximum atomic E-state index is 4.41. The van der Waals surface area contributed by atoms with Crippen molar-refractivity contribution in [3.63, 3.8) is 0 Å². The first-order valence-corrected chi connectivity index (χ1v) is 6.72. The fourth-order valence-electron chi connectivity index (χ4n) is 2.62. The Morgan fingerprint density at radius 2 is 2.11 bits per heavy atom. The van der Waals surface area contributed by atoms with Gasteiger partial charge >= 0.3 is 0 Å². The van der Waals surface area contributed by atoms with E-state index in [0.29, 0.717) is 6.04 Å². The molecule has 0 bridgehead atoms. The van der Waals surface area contributed by atoms with Crippen molar-refractivity contribution in [3.05, 3.63) is 30.1 Å². The Balaban J connectivity index is 1.93. The highest BCUT2D eigenvalue weighted by atomic mass is 15.0. The van der Waals surface area contributed by atoms with Gasteiger partial charge in [0.2, 0.25) is 0 Å². The lowest BCUT2D eigenvalue weighted by atomic mass is 9.80. The van der Waals surface area contributed by atoms with Gasteiger partial charge in [-0.15, -0.1) is 0 Å². The van der Waals surface area contributed by atoms with Gasteiger partial charge in [-0.1, -0.05) is 18.6 Å². The second-order valence-corrected chi connectivity index (χ2v) is 5.32. The lowest BCUT2D eigenvalue weighted by molar-refractivity contribution is 0.285. The maximum absolute atomic E-state index is 4.41. The molecule has 1 aliphatic carbocycles. The molecule has 1 unspecified atom stereocenters. The monoisotopic (exact) mass is 241 g/mol. The second-order valence-electron chi connectivity index (χ2n) is 5.32. The molecule has 1 heterocycles. The van der Waals surface area contributed by atoms with Gasteiger partial charge in [0.15, 0.2) is 0 Å². The molecule has 94 valence electrons. The number of nitrogens with zero attached hydrogens (tertiary/aromatic N) is 2. The van der Waals surface area contributed by atoms with Gasteiger partial charge in [0.1, 0.15) is 12.1 Å². The average molecular weight is 241 g/mol. The van der Waals surface area contributed by atoms with Crippen LogP contribution in [0.4, 0.5) is 5.82 Å². The molecule has 2 aromatic rings. The number of anilines is 1. The fourth-order valence-corrected chi connectivity index (χ4v) is 2.62. The molecule has 1 saturated carbocycles. The Bertz CT molecular complexity index is 561. The number of para-hydroxylation sites is 1. The van der Waals surface area contributed by atoms with Crippen molar-refractivity contribution in [3.8, 4) is 0 Å². The van der Waals surface area contributed by atoms with E-state index < -0.39 is 0 Å². The average Bonchev–Trinajstić information content (AvgIpc) is 2.28. The summed E-state index contributed by atoms with van der Waals surface area (Å²) in [7, 11) is 0. The van der Waals surface area contributed by atoms with Crippen LogP contribution >= 0.6 is 0 Å². The Morgan fingerprint density at radius 3 is 2.83 bits per heavy atom. The molecule has 1 aliphatic rings. The van der Waals surface area contributed by atoms with Gasteiger partial charge in [0.25, 0.3) is 0 Å². The van der Waals surface area contributed by atoms with Gasteiger partial charge in [-0.05, 0) is 44.2 Å². The standard InChI is InChI=1S/C15H19N3/c1-10-5-3-8-13-14(10)16-9-17-15(13)18-11(2)12-6-4-7-12/h3,5,8-9,11-12H,4,6-7H2,1-2H3,(H,16,17,18). The van der Waals surface area contributed by atoms with Crippen LogP contribution in [0.25, 0.3) is 10.9 Å². The van der Waals surface area contributed by atoms with Crippen molar-refractivity contribution < 1.29 is 0 Å². The molecule has 0 saturated heterocycles. The first kappa shape index (κ1) is 11.5. The van der Waals surface area contributed by atoms with Crippen LogP contribution in [0.2, 0.25) is 0 Å². The number of rotatable bonds is 3. The lowest BCUT2D eigenvalue weighted by Gasteiger charge is -2.32. The minimum absolute atomic E-state index is 0.498. The van der Waals surface area contributed by atoms with Crippen LogP contribution in [0.3, 0.4) is 0 Å². The molecule has 0 spiro atoms. The highest BCUT2D eigenvalue weighted by Crippen LogP contribution is 2.32. The second kappa shape index (κ2) is 4.56. The summed E-state index contributed by atoms with van der Waals surface area (Å²) in [6.07, 6.45) is 5.72. The summed E-state index contributed by atoms with van der Waals surface area (Å²) in [6, 6.07) is 6.75.